The molecule has 3 rings (SSSR count). The first-order valence-corrected chi connectivity index (χ1v) is 7.09. The van der Waals surface area contributed by atoms with E-state index in [0.29, 0.717) is 25.6 Å². The molecule has 0 spiro atoms. The number of aryl methyl sites for hydroxylation is 1. The lowest BCUT2D eigenvalue weighted by atomic mass is 10.2. The van der Waals surface area contributed by atoms with Gasteiger partial charge in [-0.25, -0.2) is 4.68 Å². The Balaban J connectivity index is 1.62. The Morgan fingerprint density at radius 3 is 2.95 bits per heavy atom. The number of rotatable bonds is 6. The number of nitrogens with zero attached hydrogens (tertiary/aromatic N) is 3. The van der Waals surface area contributed by atoms with Gasteiger partial charge in [0.25, 0.3) is 0 Å². The van der Waals surface area contributed by atoms with E-state index in [0.717, 1.165) is 11.4 Å². The maximum absolute atomic E-state index is 5.77. The quantitative estimate of drug-likeness (QED) is 0.873. The molecule has 0 bridgehead atoms. The molecule has 1 saturated carbocycles. The zero-order chi connectivity index (χ0) is 13.9. The number of ether oxygens (including phenoxy) is 1. The predicted octanol–water partition coefficient (Wildman–Crippen LogP) is 2.00. The highest BCUT2D eigenvalue weighted by molar-refractivity contribution is 5.27. The zero-order valence-electron chi connectivity index (χ0n) is 11.7. The highest BCUT2D eigenvalue weighted by Gasteiger charge is 2.30. The van der Waals surface area contributed by atoms with Gasteiger partial charge in [0, 0.05) is 12.5 Å². The van der Waals surface area contributed by atoms with Gasteiger partial charge in [-0.15, -0.1) is 5.10 Å². The summed E-state index contributed by atoms with van der Waals surface area (Å²) in [5, 5.41) is 8.37. The topological polar surface area (TPSA) is 66.0 Å². The predicted molar refractivity (Wildman–Crippen MR) is 76.6 cm³/mol. The molecule has 0 aliphatic heterocycles. The summed E-state index contributed by atoms with van der Waals surface area (Å²) in [6.07, 6.45) is 2.44. The van der Waals surface area contributed by atoms with E-state index in [4.69, 9.17) is 10.5 Å². The van der Waals surface area contributed by atoms with Crippen molar-refractivity contribution in [1.82, 2.24) is 15.0 Å². The molecule has 1 aromatic heterocycles. The molecule has 2 N–H and O–H groups in total. The molecule has 1 aliphatic rings. The van der Waals surface area contributed by atoms with Crippen LogP contribution in [0.1, 0.15) is 35.7 Å². The van der Waals surface area contributed by atoms with E-state index in [1.54, 1.807) is 0 Å². The van der Waals surface area contributed by atoms with E-state index in [2.05, 4.69) is 23.3 Å². The van der Waals surface area contributed by atoms with Gasteiger partial charge in [0.1, 0.15) is 12.4 Å². The third-order valence-electron chi connectivity index (χ3n) is 3.57. The lowest BCUT2D eigenvalue weighted by molar-refractivity contribution is 0.287. The summed E-state index contributed by atoms with van der Waals surface area (Å²) in [6.45, 7) is 3.83. The molecule has 106 valence electrons. The first-order chi connectivity index (χ1) is 9.78. The number of hydrogen-bond acceptors (Lipinski definition) is 4. The average Bonchev–Trinajstić information content (AvgIpc) is 3.20. The van der Waals surface area contributed by atoms with Crippen molar-refractivity contribution < 1.29 is 4.74 Å². The van der Waals surface area contributed by atoms with Gasteiger partial charge in [-0.1, -0.05) is 17.3 Å². The van der Waals surface area contributed by atoms with E-state index < -0.39 is 0 Å². The molecule has 1 fully saturated rings. The van der Waals surface area contributed by atoms with E-state index in [-0.39, 0.29) is 0 Å². The fourth-order valence-corrected chi connectivity index (χ4v) is 2.43. The second kappa shape index (κ2) is 5.63. The first kappa shape index (κ1) is 13.1. The van der Waals surface area contributed by atoms with E-state index in [1.165, 1.54) is 24.1 Å². The van der Waals surface area contributed by atoms with Crippen LogP contribution in [0.5, 0.6) is 5.75 Å². The molecule has 0 atom stereocenters. The molecule has 2 aromatic rings. The van der Waals surface area contributed by atoms with Crippen LogP contribution in [-0.4, -0.2) is 21.6 Å². The number of hydrogen-bond donors (Lipinski definition) is 1. The standard InChI is InChI=1S/C15H20N4O/c1-11-3-2-4-13(9-11)20-8-7-19-15(12-5-6-12)14(10-16)17-18-19/h2-4,9,12H,5-8,10,16H2,1H3. The van der Waals surface area contributed by atoms with Crippen LogP contribution in [0.25, 0.3) is 0 Å². The molecule has 0 unspecified atom stereocenters. The lowest BCUT2D eigenvalue weighted by Crippen LogP contribution is -2.13. The molecule has 0 saturated heterocycles. The largest absolute Gasteiger partial charge is 0.492 e. The molecule has 0 radical (unpaired) electrons. The molecular weight excluding hydrogens is 252 g/mol. The molecule has 1 heterocycles. The van der Waals surface area contributed by atoms with Crippen LogP contribution in [0.4, 0.5) is 0 Å². The summed E-state index contributed by atoms with van der Waals surface area (Å²) in [4.78, 5) is 0. The van der Waals surface area contributed by atoms with Gasteiger partial charge in [-0.2, -0.15) is 0 Å². The molecule has 5 heteroatoms. The van der Waals surface area contributed by atoms with Crippen molar-refractivity contribution in [3.63, 3.8) is 0 Å². The number of aromatic nitrogens is 3. The minimum Gasteiger partial charge on any atom is -0.492 e. The normalized spacial score (nSPS) is 14.5. The van der Waals surface area contributed by atoms with Crippen LogP contribution >= 0.6 is 0 Å². The Hall–Kier alpha value is -1.88. The number of benzene rings is 1. The van der Waals surface area contributed by atoms with Crippen LogP contribution in [0.3, 0.4) is 0 Å². The molecule has 1 aromatic carbocycles. The summed E-state index contributed by atoms with van der Waals surface area (Å²) in [5.74, 6) is 1.50. The average molecular weight is 272 g/mol. The minimum atomic E-state index is 0.463. The third-order valence-corrected chi connectivity index (χ3v) is 3.57. The zero-order valence-corrected chi connectivity index (χ0v) is 11.7. The van der Waals surface area contributed by atoms with Crippen LogP contribution in [0.2, 0.25) is 0 Å². The van der Waals surface area contributed by atoms with Crippen molar-refractivity contribution in [2.45, 2.75) is 38.8 Å². The summed E-state index contributed by atoms with van der Waals surface area (Å²) < 4.78 is 7.72. The van der Waals surface area contributed by atoms with Gasteiger partial charge < -0.3 is 10.5 Å². The van der Waals surface area contributed by atoms with Crippen molar-refractivity contribution in [1.29, 1.82) is 0 Å². The molecular formula is C15H20N4O. The molecule has 20 heavy (non-hydrogen) atoms. The Labute approximate surface area is 118 Å². The van der Waals surface area contributed by atoms with Gasteiger partial charge in [0.2, 0.25) is 0 Å². The van der Waals surface area contributed by atoms with Crippen molar-refractivity contribution in [3.05, 3.63) is 41.2 Å². The highest BCUT2D eigenvalue weighted by atomic mass is 16.5. The van der Waals surface area contributed by atoms with E-state index in [9.17, 15) is 0 Å². The lowest BCUT2D eigenvalue weighted by Gasteiger charge is -2.09. The summed E-state index contributed by atoms with van der Waals surface area (Å²) in [6, 6.07) is 8.07. The molecule has 5 nitrogen and oxygen atoms in total. The van der Waals surface area contributed by atoms with Gasteiger partial charge in [0.15, 0.2) is 0 Å². The van der Waals surface area contributed by atoms with E-state index in [1.807, 2.05) is 22.9 Å². The van der Waals surface area contributed by atoms with Crippen molar-refractivity contribution >= 4 is 0 Å². The highest BCUT2D eigenvalue weighted by Crippen LogP contribution is 2.41. The molecule has 0 amide bonds. The smallest absolute Gasteiger partial charge is 0.119 e. The summed E-state index contributed by atoms with van der Waals surface area (Å²) in [5.41, 5.74) is 9.06. The Bertz CT molecular complexity index is 589. The summed E-state index contributed by atoms with van der Waals surface area (Å²) >= 11 is 0. The van der Waals surface area contributed by atoms with Crippen LogP contribution < -0.4 is 10.5 Å². The molecule has 1 aliphatic carbocycles. The van der Waals surface area contributed by atoms with Gasteiger partial charge in [0.05, 0.1) is 17.9 Å². The minimum absolute atomic E-state index is 0.463. The third kappa shape index (κ3) is 2.82. The Kier molecular flexibility index (Phi) is 3.69. The van der Waals surface area contributed by atoms with Crippen molar-refractivity contribution in [2.24, 2.45) is 5.73 Å². The Morgan fingerprint density at radius 2 is 2.25 bits per heavy atom. The van der Waals surface area contributed by atoms with Crippen LogP contribution in [0.15, 0.2) is 24.3 Å². The fraction of sp³-hybridized carbons (Fsp3) is 0.467. The SMILES string of the molecule is Cc1cccc(OCCn2nnc(CN)c2C2CC2)c1. The maximum atomic E-state index is 5.77. The van der Waals surface area contributed by atoms with Gasteiger partial charge >= 0.3 is 0 Å². The van der Waals surface area contributed by atoms with Crippen molar-refractivity contribution in [3.8, 4) is 5.75 Å². The second-order valence-corrected chi connectivity index (χ2v) is 5.29. The van der Waals surface area contributed by atoms with Crippen LogP contribution in [-0.2, 0) is 13.1 Å². The monoisotopic (exact) mass is 272 g/mol. The maximum Gasteiger partial charge on any atom is 0.119 e. The van der Waals surface area contributed by atoms with Crippen LogP contribution in [0, 0.1) is 6.92 Å². The van der Waals surface area contributed by atoms with Gasteiger partial charge in [-0.05, 0) is 37.5 Å². The van der Waals surface area contributed by atoms with Gasteiger partial charge in [-0.3, -0.25) is 0 Å². The Morgan fingerprint density at radius 1 is 1.40 bits per heavy atom. The summed E-state index contributed by atoms with van der Waals surface area (Å²) in [7, 11) is 0. The second-order valence-electron chi connectivity index (χ2n) is 5.29. The van der Waals surface area contributed by atoms with Crippen molar-refractivity contribution in [2.75, 3.05) is 6.61 Å². The first-order valence-electron chi connectivity index (χ1n) is 7.09. The van der Waals surface area contributed by atoms with E-state index >= 15 is 0 Å². The number of nitrogens with two attached hydrogens (primary N) is 1. The fourth-order valence-electron chi connectivity index (χ4n) is 2.43.